The van der Waals surface area contributed by atoms with Gasteiger partial charge < -0.3 is 15.8 Å². The number of fused-ring (bicyclic) bond motifs is 1. The van der Waals surface area contributed by atoms with Gasteiger partial charge in [0.25, 0.3) is 11.8 Å². The molecule has 0 fully saturated rings. The third-order valence-electron chi connectivity index (χ3n) is 4.68. The van der Waals surface area contributed by atoms with Crippen LogP contribution < -0.4 is 15.8 Å². The fraction of sp³-hybridized carbons (Fsp3) is 0.400. The zero-order valence-corrected chi connectivity index (χ0v) is 15.7. The van der Waals surface area contributed by atoms with Gasteiger partial charge in [0.05, 0.1) is 5.56 Å². The van der Waals surface area contributed by atoms with E-state index >= 15 is 0 Å². The Balaban J connectivity index is 1.71. The lowest BCUT2D eigenvalue weighted by Crippen LogP contribution is -2.22. The Labute approximate surface area is 157 Å². The summed E-state index contributed by atoms with van der Waals surface area (Å²) in [4.78, 5) is 25.4. The Kier molecular flexibility index (Phi) is 5.93. The zero-order chi connectivity index (χ0) is 18.5. The number of nitrogens with two attached hydrogens (primary N) is 1. The summed E-state index contributed by atoms with van der Waals surface area (Å²) in [6, 6.07) is 9.16. The summed E-state index contributed by atoms with van der Waals surface area (Å²) in [7, 11) is 0. The standard InChI is InChI=1S/C20H24N2O3S/c1-2-6-13-9-10-15-16(11-13)26-20(18(15)19(21)24)22-17(23)12-25-14-7-4-3-5-8-14/h3-5,7-8,13H,2,6,9-12H2,1H3,(H2,21,24)(H,22,23)/t13-/m0/s1. The van der Waals surface area contributed by atoms with Crippen LogP contribution in [-0.2, 0) is 17.6 Å². The number of para-hydroxylation sites is 1. The van der Waals surface area contributed by atoms with E-state index in [4.69, 9.17) is 10.5 Å². The summed E-state index contributed by atoms with van der Waals surface area (Å²) in [6.07, 6.45) is 5.24. The number of amides is 2. The smallest absolute Gasteiger partial charge is 0.262 e. The molecule has 1 aromatic carbocycles. The highest BCUT2D eigenvalue weighted by atomic mass is 32.1. The van der Waals surface area contributed by atoms with Crippen LogP contribution in [0, 0.1) is 5.92 Å². The summed E-state index contributed by atoms with van der Waals surface area (Å²) in [5.41, 5.74) is 7.10. The molecule has 1 aromatic heterocycles. The van der Waals surface area contributed by atoms with Crippen LogP contribution in [0.15, 0.2) is 30.3 Å². The average Bonchev–Trinajstić information content (AvgIpc) is 2.98. The van der Waals surface area contributed by atoms with Crippen LogP contribution in [0.25, 0.3) is 0 Å². The van der Waals surface area contributed by atoms with Gasteiger partial charge in [-0.15, -0.1) is 11.3 Å². The Morgan fingerprint density at radius 1 is 1.31 bits per heavy atom. The first-order chi connectivity index (χ1) is 12.6. The molecular weight excluding hydrogens is 348 g/mol. The van der Waals surface area contributed by atoms with Gasteiger partial charge >= 0.3 is 0 Å². The van der Waals surface area contributed by atoms with Gasteiger partial charge in [0.1, 0.15) is 10.8 Å². The molecule has 3 rings (SSSR count). The molecule has 1 heterocycles. The van der Waals surface area contributed by atoms with Gasteiger partial charge in [0.15, 0.2) is 6.61 Å². The maximum Gasteiger partial charge on any atom is 0.262 e. The van der Waals surface area contributed by atoms with Crippen molar-refractivity contribution in [2.45, 2.75) is 39.0 Å². The van der Waals surface area contributed by atoms with Crippen LogP contribution in [0.1, 0.15) is 47.0 Å². The van der Waals surface area contributed by atoms with E-state index in [2.05, 4.69) is 12.2 Å². The molecular formula is C20H24N2O3S. The first-order valence-corrected chi connectivity index (χ1v) is 9.82. The number of hydrogen-bond acceptors (Lipinski definition) is 4. The largest absolute Gasteiger partial charge is 0.484 e. The lowest BCUT2D eigenvalue weighted by Gasteiger charge is -2.21. The zero-order valence-electron chi connectivity index (χ0n) is 14.9. The quantitative estimate of drug-likeness (QED) is 0.776. The summed E-state index contributed by atoms with van der Waals surface area (Å²) < 4.78 is 5.47. The van der Waals surface area contributed by atoms with Crippen LogP contribution in [0.5, 0.6) is 5.75 Å². The summed E-state index contributed by atoms with van der Waals surface area (Å²) in [5, 5.41) is 3.38. The lowest BCUT2D eigenvalue weighted by atomic mass is 9.84. The van der Waals surface area contributed by atoms with Gasteiger partial charge in [-0.05, 0) is 42.9 Å². The van der Waals surface area contributed by atoms with Crippen LogP contribution in [-0.4, -0.2) is 18.4 Å². The predicted molar refractivity (Wildman–Crippen MR) is 104 cm³/mol. The Hall–Kier alpha value is -2.34. The molecule has 0 bridgehead atoms. The number of benzene rings is 1. The third kappa shape index (κ3) is 4.25. The van der Waals surface area contributed by atoms with Gasteiger partial charge in [0.2, 0.25) is 0 Å². The number of anilines is 1. The Morgan fingerprint density at radius 2 is 2.08 bits per heavy atom. The van der Waals surface area contributed by atoms with Crippen LogP contribution >= 0.6 is 11.3 Å². The number of rotatable bonds is 7. The normalized spacial score (nSPS) is 16.0. The second-order valence-corrected chi connectivity index (χ2v) is 7.72. The second kappa shape index (κ2) is 8.36. The maximum absolute atomic E-state index is 12.3. The van der Waals surface area contributed by atoms with Gasteiger partial charge in [-0.3, -0.25) is 9.59 Å². The van der Waals surface area contributed by atoms with Crippen molar-refractivity contribution in [2.24, 2.45) is 11.7 Å². The predicted octanol–water partition coefficient (Wildman–Crippen LogP) is 3.77. The summed E-state index contributed by atoms with van der Waals surface area (Å²) >= 11 is 1.48. The van der Waals surface area contributed by atoms with Gasteiger partial charge in [0, 0.05) is 4.88 Å². The molecule has 2 aromatic rings. The van der Waals surface area contributed by atoms with Crippen molar-refractivity contribution in [3.8, 4) is 5.75 Å². The molecule has 0 saturated carbocycles. The van der Waals surface area contributed by atoms with Crippen molar-refractivity contribution in [3.05, 3.63) is 46.3 Å². The number of primary amides is 1. The molecule has 1 aliphatic rings. The second-order valence-electron chi connectivity index (χ2n) is 6.62. The molecule has 0 radical (unpaired) electrons. The molecule has 2 amide bonds. The van der Waals surface area contributed by atoms with Crippen molar-refractivity contribution < 1.29 is 14.3 Å². The Morgan fingerprint density at radius 3 is 2.77 bits per heavy atom. The fourth-order valence-corrected chi connectivity index (χ4v) is 4.87. The summed E-state index contributed by atoms with van der Waals surface area (Å²) in [5.74, 6) is 0.512. The minimum absolute atomic E-state index is 0.108. The molecule has 3 N–H and O–H groups in total. The van der Waals surface area contributed by atoms with E-state index < -0.39 is 5.91 Å². The van der Waals surface area contributed by atoms with E-state index in [1.54, 1.807) is 12.1 Å². The summed E-state index contributed by atoms with van der Waals surface area (Å²) in [6.45, 7) is 2.08. The van der Waals surface area contributed by atoms with E-state index in [-0.39, 0.29) is 12.5 Å². The number of nitrogens with one attached hydrogen (secondary N) is 1. The highest BCUT2D eigenvalue weighted by molar-refractivity contribution is 7.17. The van der Waals surface area contributed by atoms with Crippen LogP contribution in [0.2, 0.25) is 0 Å². The van der Waals surface area contributed by atoms with E-state index in [0.29, 0.717) is 22.2 Å². The monoisotopic (exact) mass is 372 g/mol. The minimum Gasteiger partial charge on any atom is -0.484 e. The molecule has 6 heteroatoms. The topological polar surface area (TPSA) is 81.4 Å². The first-order valence-electron chi connectivity index (χ1n) is 9.00. The van der Waals surface area contributed by atoms with Gasteiger partial charge in [-0.25, -0.2) is 0 Å². The van der Waals surface area contributed by atoms with Crippen molar-refractivity contribution in [3.63, 3.8) is 0 Å². The van der Waals surface area contributed by atoms with Crippen LogP contribution in [0.3, 0.4) is 0 Å². The van der Waals surface area contributed by atoms with E-state index in [1.807, 2.05) is 18.2 Å². The van der Waals surface area contributed by atoms with Crippen molar-refractivity contribution in [1.82, 2.24) is 0 Å². The average molecular weight is 372 g/mol. The molecule has 0 unspecified atom stereocenters. The molecule has 0 spiro atoms. The van der Waals surface area contributed by atoms with Crippen molar-refractivity contribution in [2.75, 3.05) is 11.9 Å². The SMILES string of the molecule is CCC[C@H]1CCc2c(sc(NC(=O)COc3ccccc3)c2C(N)=O)C1. The van der Waals surface area contributed by atoms with Gasteiger partial charge in [-0.2, -0.15) is 0 Å². The molecule has 0 saturated heterocycles. The van der Waals surface area contributed by atoms with Crippen LogP contribution in [0.4, 0.5) is 5.00 Å². The molecule has 26 heavy (non-hydrogen) atoms. The Bertz CT molecular complexity index is 786. The molecule has 138 valence electrons. The maximum atomic E-state index is 12.3. The first kappa shape index (κ1) is 18.5. The highest BCUT2D eigenvalue weighted by Crippen LogP contribution is 2.40. The third-order valence-corrected chi connectivity index (χ3v) is 5.85. The lowest BCUT2D eigenvalue weighted by molar-refractivity contribution is -0.118. The van der Waals surface area contributed by atoms with E-state index in [0.717, 1.165) is 31.2 Å². The highest BCUT2D eigenvalue weighted by Gasteiger charge is 2.28. The van der Waals surface area contributed by atoms with Crippen molar-refractivity contribution in [1.29, 1.82) is 0 Å². The minimum atomic E-state index is -0.476. The number of hydrogen-bond donors (Lipinski definition) is 2. The number of carbonyl (C=O) groups is 2. The molecule has 1 aliphatic carbocycles. The number of carbonyl (C=O) groups excluding carboxylic acids is 2. The van der Waals surface area contributed by atoms with Crippen molar-refractivity contribution >= 4 is 28.2 Å². The van der Waals surface area contributed by atoms with E-state index in [1.165, 1.54) is 22.6 Å². The molecule has 1 atom stereocenters. The number of ether oxygens (including phenoxy) is 1. The molecule has 5 nitrogen and oxygen atoms in total. The molecule has 0 aliphatic heterocycles. The number of thiophene rings is 1. The van der Waals surface area contributed by atoms with Gasteiger partial charge in [-0.1, -0.05) is 38.0 Å². The van der Waals surface area contributed by atoms with E-state index in [9.17, 15) is 9.59 Å². The fourth-order valence-electron chi connectivity index (χ4n) is 3.49.